The maximum atomic E-state index is 9.96. The Labute approximate surface area is 162 Å². The van der Waals surface area contributed by atoms with Crippen LogP contribution in [0.3, 0.4) is 0 Å². The van der Waals surface area contributed by atoms with Crippen LogP contribution < -0.4 is 0 Å². The van der Waals surface area contributed by atoms with Gasteiger partial charge in [-0.15, -0.1) is 0 Å². The summed E-state index contributed by atoms with van der Waals surface area (Å²) in [5, 5.41) is 10.9. The lowest BCUT2D eigenvalue weighted by molar-refractivity contribution is -0.0568. The topological polar surface area (TPSA) is 38.7 Å². The molecule has 0 saturated carbocycles. The monoisotopic (exact) mass is 428 g/mol. The number of alkyl halides is 1. The van der Waals surface area contributed by atoms with E-state index < -0.39 is 8.32 Å². The molecule has 0 aliphatic rings. The van der Waals surface area contributed by atoms with Crippen LogP contribution in [-0.4, -0.2) is 37.6 Å². The van der Waals surface area contributed by atoms with Crippen molar-refractivity contribution in [1.82, 2.24) is 0 Å². The Hall–Kier alpha value is -0.463. The van der Waals surface area contributed by atoms with Crippen LogP contribution in [0.25, 0.3) is 0 Å². The van der Waals surface area contributed by atoms with Gasteiger partial charge < -0.3 is 14.3 Å². The van der Waals surface area contributed by atoms with E-state index in [-0.39, 0.29) is 23.9 Å². The molecule has 3 nitrogen and oxygen atoms in total. The van der Waals surface area contributed by atoms with Crippen LogP contribution >= 0.6 is 15.9 Å². The number of benzene rings is 1. The number of hydrogen-bond donors (Lipinski definition) is 1. The summed E-state index contributed by atoms with van der Waals surface area (Å²) in [4.78, 5) is 0. The Morgan fingerprint density at radius 2 is 1.76 bits per heavy atom. The van der Waals surface area contributed by atoms with Crippen molar-refractivity contribution in [2.75, 3.05) is 11.9 Å². The van der Waals surface area contributed by atoms with Crippen molar-refractivity contribution in [2.45, 2.75) is 64.1 Å². The van der Waals surface area contributed by atoms with Gasteiger partial charge in [0.1, 0.15) is 0 Å². The minimum atomic E-state index is -1.98. The normalized spacial score (nSPS) is 15.5. The molecule has 1 N–H and O–H groups in total. The highest BCUT2D eigenvalue weighted by molar-refractivity contribution is 9.09. The fourth-order valence-electron chi connectivity index (χ4n) is 2.18. The summed E-state index contributed by atoms with van der Waals surface area (Å²) in [5.41, 5.74) is 1.13. The Bertz CT molecular complexity index is 511. The second-order valence-corrected chi connectivity index (χ2v) is 13.2. The van der Waals surface area contributed by atoms with Crippen molar-refractivity contribution in [3.63, 3.8) is 0 Å². The van der Waals surface area contributed by atoms with Gasteiger partial charge in [-0.2, -0.15) is 0 Å². The van der Waals surface area contributed by atoms with Gasteiger partial charge in [-0.3, -0.25) is 0 Å². The zero-order valence-corrected chi connectivity index (χ0v) is 18.8. The minimum absolute atomic E-state index is 0.0336. The van der Waals surface area contributed by atoms with Crippen LogP contribution in [-0.2, 0) is 15.8 Å². The molecule has 0 spiro atoms. The summed E-state index contributed by atoms with van der Waals surface area (Å²) < 4.78 is 12.6. The summed E-state index contributed by atoms with van der Waals surface area (Å²) in [6.07, 6.45) is 4.37. The lowest BCUT2D eigenvalue weighted by atomic mass is 10.1. The fraction of sp³-hybridized carbons (Fsp3) is 0.600. The van der Waals surface area contributed by atoms with E-state index in [2.05, 4.69) is 61.9 Å². The van der Waals surface area contributed by atoms with E-state index in [1.807, 2.05) is 30.3 Å². The first kappa shape index (κ1) is 22.6. The van der Waals surface area contributed by atoms with Crippen LogP contribution in [0.5, 0.6) is 0 Å². The standard InChI is InChI=1S/C20H33BrO3Si/c1-20(2,3)25(4,5)24-19(15-22)18(13-9-10-14-21)23-16-17-11-7-6-8-12-17/h6-12,18-19,22H,13-16H2,1-5H3/b10-9+/t18-,19+/m0/s1. The summed E-state index contributed by atoms with van der Waals surface area (Å²) >= 11 is 3.40. The summed E-state index contributed by atoms with van der Waals surface area (Å²) in [6.45, 7) is 11.5. The Balaban J connectivity index is 2.84. The number of aliphatic hydroxyl groups excluding tert-OH is 1. The maximum absolute atomic E-state index is 9.96. The Kier molecular flexibility index (Phi) is 9.60. The van der Waals surface area contributed by atoms with Gasteiger partial charge in [0, 0.05) is 5.33 Å². The molecule has 142 valence electrons. The molecule has 2 atom stereocenters. The molecule has 0 unspecified atom stereocenters. The largest absolute Gasteiger partial charge is 0.409 e. The first-order valence-electron chi connectivity index (χ1n) is 8.86. The number of rotatable bonds is 10. The van der Waals surface area contributed by atoms with Crippen molar-refractivity contribution in [3.8, 4) is 0 Å². The molecule has 0 aliphatic carbocycles. The quantitative estimate of drug-likeness (QED) is 0.312. The highest BCUT2D eigenvalue weighted by Crippen LogP contribution is 2.38. The summed E-state index contributed by atoms with van der Waals surface area (Å²) in [5.74, 6) is 0. The van der Waals surface area contributed by atoms with Crippen LogP contribution in [0.2, 0.25) is 18.1 Å². The smallest absolute Gasteiger partial charge is 0.192 e. The van der Waals surface area contributed by atoms with Crippen molar-refractivity contribution in [3.05, 3.63) is 48.0 Å². The predicted molar refractivity (Wildman–Crippen MR) is 112 cm³/mol. The third-order valence-electron chi connectivity index (χ3n) is 4.78. The van der Waals surface area contributed by atoms with Crippen molar-refractivity contribution in [2.24, 2.45) is 0 Å². The van der Waals surface area contributed by atoms with Crippen LogP contribution in [0.15, 0.2) is 42.5 Å². The van der Waals surface area contributed by atoms with Gasteiger partial charge >= 0.3 is 0 Å². The molecule has 1 aromatic carbocycles. The lowest BCUT2D eigenvalue weighted by Gasteiger charge is -2.40. The van der Waals surface area contributed by atoms with Crippen LogP contribution in [0, 0.1) is 0 Å². The van der Waals surface area contributed by atoms with E-state index in [1.54, 1.807) is 0 Å². The molecule has 0 aromatic heterocycles. The highest BCUT2D eigenvalue weighted by Gasteiger charge is 2.40. The highest BCUT2D eigenvalue weighted by atomic mass is 79.9. The van der Waals surface area contributed by atoms with Crippen LogP contribution in [0.4, 0.5) is 0 Å². The third kappa shape index (κ3) is 7.75. The average molecular weight is 429 g/mol. The van der Waals surface area contributed by atoms with E-state index in [0.717, 1.165) is 17.3 Å². The number of ether oxygens (including phenoxy) is 1. The van der Waals surface area contributed by atoms with Gasteiger partial charge in [0.05, 0.1) is 25.4 Å². The van der Waals surface area contributed by atoms with Crippen molar-refractivity contribution >= 4 is 24.2 Å². The molecule has 0 saturated heterocycles. The molecule has 0 aliphatic heterocycles. The van der Waals surface area contributed by atoms with E-state index in [1.165, 1.54) is 0 Å². The molecule has 0 bridgehead atoms. The summed E-state index contributed by atoms with van der Waals surface area (Å²) in [6, 6.07) is 10.1. The molecular weight excluding hydrogens is 396 g/mol. The fourth-order valence-corrected chi connectivity index (χ4v) is 3.79. The second-order valence-electron chi connectivity index (χ2n) is 7.80. The van der Waals surface area contributed by atoms with Gasteiger partial charge in [-0.05, 0) is 30.1 Å². The molecule has 0 amide bonds. The first-order valence-corrected chi connectivity index (χ1v) is 12.9. The van der Waals surface area contributed by atoms with Crippen molar-refractivity contribution in [1.29, 1.82) is 0 Å². The molecule has 25 heavy (non-hydrogen) atoms. The summed E-state index contributed by atoms with van der Waals surface area (Å²) in [7, 11) is -1.98. The number of hydrogen-bond acceptors (Lipinski definition) is 3. The minimum Gasteiger partial charge on any atom is -0.409 e. The van der Waals surface area contributed by atoms with Crippen LogP contribution in [0.1, 0.15) is 32.8 Å². The molecular formula is C20H33BrO3Si. The molecule has 1 aromatic rings. The molecule has 0 heterocycles. The van der Waals surface area contributed by atoms with E-state index in [0.29, 0.717) is 6.61 Å². The van der Waals surface area contributed by atoms with Gasteiger partial charge in [0.25, 0.3) is 0 Å². The number of allylic oxidation sites excluding steroid dienone is 1. The average Bonchev–Trinajstić information content (AvgIpc) is 2.56. The Morgan fingerprint density at radius 3 is 2.28 bits per heavy atom. The zero-order valence-electron chi connectivity index (χ0n) is 16.2. The molecule has 0 fully saturated rings. The molecule has 5 heteroatoms. The van der Waals surface area contributed by atoms with Gasteiger partial charge in [0.15, 0.2) is 8.32 Å². The SMILES string of the molecule is CC(C)(C)[Si](C)(C)O[C@H](CO)[C@H](C/C=C/CBr)OCc1ccccc1. The van der Waals surface area contributed by atoms with E-state index in [4.69, 9.17) is 9.16 Å². The van der Waals surface area contributed by atoms with Gasteiger partial charge in [-0.1, -0.05) is 79.2 Å². The Morgan fingerprint density at radius 1 is 1.12 bits per heavy atom. The second kappa shape index (κ2) is 10.6. The number of aliphatic hydroxyl groups is 1. The third-order valence-corrected chi connectivity index (χ3v) is 9.66. The van der Waals surface area contributed by atoms with E-state index in [9.17, 15) is 5.11 Å². The van der Waals surface area contributed by atoms with Gasteiger partial charge in [0.2, 0.25) is 0 Å². The maximum Gasteiger partial charge on any atom is 0.192 e. The number of halogens is 1. The van der Waals surface area contributed by atoms with Gasteiger partial charge in [-0.25, -0.2) is 0 Å². The lowest BCUT2D eigenvalue weighted by Crippen LogP contribution is -2.48. The first-order chi connectivity index (χ1) is 11.7. The van der Waals surface area contributed by atoms with Crippen molar-refractivity contribution < 1.29 is 14.3 Å². The molecule has 0 radical (unpaired) electrons. The van der Waals surface area contributed by atoms with E-state index >= 15 is 0 Å². The predicted octanol–water partition coefficient (Wildman–Crippen LogP) is 5.30. The zero-order chi connectivity index (χ0) is 18.9. The molecule has 1 rings (SSSR count).